The first-order valence-electron chi connectivity index (χ1n) is 9.06. The van der Waals surface area contributed by atoms with E-state index in [0.717, 1.165) is 12.8 Å². The van der Waals surface area contributed by atoms with E-state index in [4.69, 9.17) is 11.6 Å². The molecule has 2 aliphatic rings. The summed E-state index contributed by atoms with van der Waals surface area (Å²) < 4.78 is 27.5. The lowest BCUT2D eigenvalue weighted by Gasteiger charge is -2.40. The van der Waals surface area contributed by atoms with Crippen LogP contribution in [0.2, 0.25) is 5.02 Å². The molecule has 27 heavy (non-hydrogen) atoms. The van der Waals surface area contributed by atoms with Crippen LogP contribution in [0.4, 0.5) is 5.69 Å². The minimum absolute atomic E-state index is 0.107. The Morgan fingerprint density at radius 3 is 2.30 bits per heavy atom. The first kappa shape index (κ1) is 18.5. The molecule has 2 aromatic carbocycles. The van der Waals surface area contributed by atoms with Gasteiger partial charge in [-0.25, -0.2) is 8.42 Å². The van der Waals surface area contributed by atoms with E-state index >= 15 is 0 Å². The van der Waals surface area contributed by atoms with E-state index in [1.165, 1.54) is 4.90 Å². The van der Waals surface area contributed by atoms with Gasteiger partial charge in [0.2, 0.25) is 15.7 Å². The van der Waals surface area contributed by atoms with E-state index in [9.17, 15) is 13.2 Å². The Morgan fingerprint density at radius 2 is 1.74 bits per heavy atom. The Morgan fingerprint density at radius 1 is 1.07 bits per heavy atom. The molecule has 142 valence electrons. The van der Waals surface area contributed by atoms with Crippen molar-refractivity contribution in [3.8, 4) is 0 Å². The highest BCUT2D eigenvalue weighted by molar-refractivity contribution is 7.93. The molecule has 0 radical (unpaired) electrons. The number of nitrogens with zero attached hydrogens (tertiary/aromatic N) is 1. The van der Waals surface area contributed by atoms with Gasteiger partial charge in [-0.05, 0) is 62.2 Å². The fraction of sp³-hybridized carbons (Fsp3) is 0.350. The van der Waals surface area contributed by atoms with E-state index < -0.39 is 14.7 Å². The Balaban J connectivity index is 1.88. The molecule has 0 aromatic heterocycles. The van der Waals surface area contributed by atoms with Gasteiger partial charge < -0.3 is 5.32 Å². The van der Waals surface area contributed by atoms with Gasteiger partial charge in [-0.3, -0.25) is 9.69 Å². The summed E-state index contributed by atoms with van der Waals surface area (Å²) >= 11 is 6.02. The van der Waals surface area contributed by atoms with Crippen molar-refractivity contribution in [1.29, 1.82) is 0 Å². The van der Waals surface area contributed by atoms with Crippen LogP contribution in [0.25, 0.3) is 0 Å². The maximum Gasteiger partial charge on any atom is 0.231 e. The summed E-state index contributed by atoms with van der Waals surface area (Å²) in [7, 11) is -3.80. The number of halogens is 1. The average Bonchev–Trinajstić information content (AvgIpc) is 3.42. The molecule has 2 aromatic rings. The van der Waals surface area contributed by atoms with Crippen molar-refractivity contribution in [3.63, 3.8) is 0 Å². The van der Waals surface area contributed by atoms with Crippen LogP contribution in [-0.4, -0.2) is 32.3 Å². The maximum absolute atomic E-state index is 13.7. The molecule has 1 aliphatic carbocycles. The lowest BCUT2D eigenvalue weighted by Crippen LogP contribution is -2.59. The fourth-order valence-electron chi connectivity index (χ4n) is 3.68. The number of carbonyl (C=O) groups is 1. The number of rotatable bonds is 5. The zero-order valence-electron chi connectivity index (χ0n) is 14.8. The summed E-state index contributed by atoms with van der Waals surface area (Å²) in [6.45, 7) is 0.736. The second kappa shape index (κ2) is 6.93. The Labute approximate surface area is 164 Å². The number of carbonyl (C=O) groups excluding carboxylic acids is 1. The lowest BCUT2D eigenvalue weighted by atomic mass is 10.1. The van der Waals surface area contributed by atoms with Crippen LogP contribution >= 0.6 is 11.6 Å². The predicted octanol–water partition coefficient (Wildman–Crippen LogP) is 3.25. The van der Waals surface area contributed by atoms with Crippen molar-refractivity contribution >= 4 is 33.0 Å². The summed E-state index contributed by atoms with van der Waals surface area (Å²) in [5.41, 5.74) is 0.569. The molecule has 5 nitrogen and oxygen atoms in total. The highest BCUT2D eigenvalue weighted by Crippen LogP contribution is 2.42. The molecule has 2 fully saturated rings. The minimum atomic E-state index is -3.80. The van der Waals surface area contributed by atoms with Crippen molar-refractivity contribution < 1.29 is 13.2 Å². The average molecular weight is 405 g/mol. The van der Waals surface area contributed by atoms with E-state index in [1.54, 1.807) is 54.6 Å². The first-order valence-corrected chi connectivity index (χ1v) is 10.9. The van der Waals surface area contributed by atoms with E-state index in [-0.39, 0.29) is 23.3 Å². The third-order valence-electron chi connectivity index (χ3n) is 5.29. The molecule has 1 heterocycles. The molecule has 1 saturated heterocycles. The number of anilines is 1. The number of hydrogen-bond donors (Lipinski definition) is 1. The zero-order chi connectivity index (χ0) is 19.1. The molecule has 7 heteroatoms. The van der Waals surface area contributed by atoms with Crippen LogP contribution in [0.3, 0.4) is 0 Å². The smallest absolute Gasteiger partial charge is 0.231 e. The molecule has 1 N–H and O–H groups in total. The summed E-state index contributed by atoms with van der Waals surface area (Å²) in [5.74, 6) is -0.232. The first-order chi connectivity index (χ1) is 13.0. The normalized spacial score (nSPS) is 22.6. The Hall–Kier alpha value is -1.89. The van der Waals surface area contributed by atoms with Gasteiger partial charge in [0, 0.05) is 23.2 Å². The molecule has 1 saturated carbocycles. The predicted molar refractivity (Wildman–Crippen MR) is 106 cm³/mol. The van der Waals surface area contributed by atoms with Crippen LogP contribution in [-0.2, 0) is 14.6 Å². The maximum atomic E-state index is 13.7. The monoisotopic (exact) mass is 404 g/mol. The molecule has 0 unspecified atom stereocenters. The van der Waals surface area contributed by atoms with Gasteiger partial charge in [0.05, 0.1) is 4.90 Å². The molecule has 4 rings (SSSR count). The van der Waals surface area contributed by atoms with Gasteiger partial charge in [-0.2, -0.15) is 0 Å². The number of amides is 1. The van der Waals surface area contributed by atoms with Gasteiger partial charge in [0.1, 0.15) is 0 Å². The summed E-state index contributed by atoms with van der Waals surface area (Å²) in [6.07, 6.45) is 1.95. The molecule has 1 amide bonds. The fourth-order valence-corrected chi connectivity index (χ4v) is 5.86. The van der Waals surface area contributed by atoms with Crippen molar-refractivity contribution in [1.82, 2.24) is 5.32 Å². The summed E-state index contributed by atoms with van der Waals surface area (Å²) in [5, 5.41) is 3.71. The SMILES string of the molecule is O=C(C1CC1)N(c1ccc(Cl)cc1)[C@]1(S(=O)(=O)c2ccccc2)CCNC1. The molecule has 1 atom stereocenters. The Kier molecular flexibility index (Phi) is 4.74. The van der Waals surface area contributed by atoms with E-state index in [2.05, 4.69) is 5.32 Å². The third-order valence-corrected chi connectivity index (χ3v) is 7.96. The molecule has 0 bridgehead atoms. The van der Waals surface area contributed by atoms with Crippen molar-refractivity contribution in [2.45, 2.75) is 29.0 Å². The highest BCUT2D eigenvalue weighted by atomic mass is 35.5. The second-order valence-electron chi connectivity index (χ2n) is 7.11. The zero-order valence-corrected chi connectivity index (χ0v) is 16.3. The number of nitrogens with one attached hydrogen (secondary N) is 1. The molecule has 0 spiro atoms. The minimum Gasteiger partial charge on any atom is -0.313 e. The second-order valence-corrected chi connectivity index (χ2v) is 9.79. The van der Waals surface area contributed by atoms with Gasteiger partial charge in [0.25, 0.3) is 0 Å². The molecular weight excluding hydrogens is 384 g/mol. The topological polar surface area (TPSA) is 66.5 Å². The van der Waals surface area contributed by atoms with Crippen LogP contribution in [0.5, 0.6) is 0 Å². The van der Waals surface area contributed by atoms with Gasteiger partial charge in [-0.1, -0.05) is 29.8 Å². The molecular formula is C20H21ClN2O3S. The van der Waals surface area contributed by atoms with Gasteiger partial charge in [0.15, 0.2) is 4.87 Å². The molecule has 1 aliphatic heterocycles. The van der Waals surface area contributed by atoms with Gasteiger partial charge >= 0.3 is 0 Å². The van der Waals surface area contributed by atoms with Crippen LogP contribution in [0.15, 0.2) is 59.5 Å². The van der Waals surface area contributed by atoms with Gasteiger partial charge in [-0.15, -0.1) is 0 Å². The number of hydrogen-bond acceptors (Lipinski definition) is 4. The quantitative estimate of drug-likeness (QED) is 0.830. The van der Waals surface area contributed by atoms with E-state index in [1.807, 2.05) is 0 Å². The number of benzene rings is 2. The van der Waals surface area contributed by atoms with Crippen LogP contribution in [0, 0.1) is 5.92 Å². The van der Waals surface area contributed by atoms with Crippen molar-refractivity contribution in [2.24, 2.45) is 5.92 Å². The largest absolute Gasteiger partial charge is 0.313 e. The Bertz CT molecular complexity index is 935. The van der Waals surface area contributed by atoms with Crippen LogP contribution < -0.4 is 10.2 Å². The number of sulfone groups is 1. The van der Waals surface area contributed by atoms with Crippen molar-refractivity contribution in [2.75, 3.05) is 18.0 Å². The highest BCUT2D eigenvalue weighted by Gasteiger charge is 2.55. The van der Waals surface area contributed by atoms with E-state index in [0.29, 0.717) is 23.7 Å². The summed E-state index contributed by atoms with van der Waals surface area (Å²) in [4.78, 5) is 13.7. The lowest BCUT2D eigenvalue weighted by molar-refractivity contribution is -0.120. The van der Waals surface area contributed by atoms with Crippen LogP contribution in [0.1, 0.15) is 19.3 Å². The van der Waals surface area contributed by atoms with Crippen molar-refractivity contribution in [3.05, 3.63) is 59.6 Å². The standard InChI is InChI=1S/C20H21ClN2O3S/c21-16-8-10-17(11-9-16)23(19(24)15-6-7-15)20(12-13-22-14-20)27(25,26)18-4-2-1-3-5-18/h1-5,8-11,15,22H,6-7,12-14H2/t20-/m0/s1. The summed E-state index contributed by atoms with van der Waals surface area (Å²) in [6, 6.07) is 15.2. The third kappa shape index (κ3) is 3.16.